The summed E-state index contributed by atoms with van der Waals surface area (Å²) < 4.78 is 0. The van der Waals surface area contributed by atoms with Gasteiger partial charge in [-0.15, -0.1) is 0 Å². The van der Waals surface area contributed by atoms with E-state index in [9.17, 15) is 9.90 Å². The molecule has 1 atom stereocenters. The van der Waals surface area contributed by atoms with Crippen molar-refractivity contribution in [1.29, 1.82) is 0 Å². The number of nitrogens with one attached hydrogen (secondary N) is 1. The number of carboxylic acid groups (broad SMARTS) is 1. The van der Waals surface area contributed by atoms with Crippen LogP contribution in [0.15, 0.2) is 18.2 Å². The van der Waals surface area contributed by atoms with Gasteiger partial charge in [0.25, 0.3) is 0 Å². The molecule has 3 nitrogen and oxygen atoms in total. The molecule has 0 radical (unpaired) electrons. The van der Waals surface area contributed by atoms with E-state index in [4.69, 9.17) is 0 Å². The number of carboxylic acids is 1. The summed E-state index contributed by atoms with van der Waals surface area (Å²) in [6.07, 6.45) is 0. The molecule has 1 aromatic rings. The average molecular weight is 263 g/mol. The number of aryl methyl sites for hydroxylation is 1. The van der Waals surface area contributed by atoms with E-state index < -0.39 is 5.97 Å². The topological polar surface area (TPSA) is 49.3 Å². The molecular weight excluding hydrogens is 238 g/mol. The Kier molecular flexibility index (Phi) is 5.40. The summed E-state index contributed by atoms with van der Waals surface area (Å²) in [4.78, 5) is 11.2. The summed E-state index contributed by atoms with van der Waals surface area (Å²) >= 11 is 0. The quantitative estimate of drug-likeness (QED) is 0.818. The molecule has 0 aliphatic carbocycles. The largest absolute Gasteiger partial charge is 0.481 e. The van der Waals surface area contributed by atoms with E-state index >= 15 is 0 Å². The average Bonchev–Trinajstić information content (AvgIpc) is 2.30. The summed E-state index contributed by atoms with van der Waals surface area (Å²) in [5.74, 6) is -0.498. The maximum Gasteiger partial charge on any atom is 0.308 e. The van der Waals surface area contributed by atoms with Gasteiger partial charge in [0.1, 0.15) is 0 Å². The van der Waals surface area contributed by atoms with Gasteiger partial charge < -0.3 is 10.4 Å². The Balaban J connectivity index is 2.81. The number of carbonyl (C=O) groups is 1. The van der Waals surface area contributed by atoms with Crippen LogP contribution in [0.1, 0.15) is 44.7 Å². The van der Waals surface area contributed by atoms with Gasteiger partial charge in [-0.1, -0.05) is 39.8 Å². The third-order valence-corrected chi connectivity index (χ3v) is 3.56. The van der Waals surface area contributed by atoms with Gasteiger partial charge in [-0.05, 0) is 36.0 Å². The zero-order valence-corrected chi connectivity index (χ0v) is 12.5. The fraction of sp³-hybridized carbons (Fsp3) is 0.562. The van der Waals surface area contributed by atoms with Crippen molar-refractivity contribution >= 4 is 11.7 Å². The first-order valence-electron chi connectivity index (χ1n) is 6.90. The summed E-state index contributed by atoms with van der Waals surface area (Å²) in [7, 11) is 0. The number of aliphatic carboxylic acids is 1. The molecule has 0 bridgehead atoms. The van der Waals surface area contributed by atoms with Gasteiger partial charge >= 0.3 is 5.97 Å². The fourth-order valence-electron chi connectivity index (χ4n) is 2.02. The van der Waals surface area contributed by atoms with Crippen molar-refractivity contribution in [1.82, 2.24) is 0 Å². The highest BCUT2D eigenvalue weighted by Gasteiger charge is 2.21. The minimum Gasteiger partial charge on any atom is -0.481 e. The summed E-state index contributed by atoms with van der Waals surface area (Å²) in [5, 5.41) is 12.5. The van der Waals surface area contributed by atoms with E-state index in [1.165, 1.54) is 5.56 Å². The van der Waals surface area contributed by atoms with E-state index in [0.717, 1.165) is 11.3 Å². The molecule has 19 heavy (non-hydrogen) atoms. The minimum atomic E-state index is -0.736. The molecule has 2 N–H and O–H groups in total. The maximum atomic E-state index is 11.2. The van der Waals surface area contributed by atoms with Gasteiger partial charge in [0.05, 0.1) is 5.92 Å². The third-order valence-electron chi connectivity index (χ3n) is 3.56. The lowest BCUT2D eigenvalue weighted by atomic mass is 9.95. The summed E-state index contributed by atoms with van der Waals surface area (Å²) in [6.45, 7) is 10.7. The van der Waals surface area contributed by atoms with E-state index in [1.54, 1.807) is 0 Å². The number of rotatable bonds is 6. The van der Waals surface area contributed by atoms with Gasteiger partial charge in [-0.25, -0.2) is 0 Å². The first-order valence-corrected chi connectivity index (χ1v) is 6.90. The number of anilines is 1. The first kappa shape index (κ1) is 15.5. The highest BCUT2D eigenvalue weighted by Crippen LogP contribution is 2.23. The number of hydrogen-bond acceptors (Lipinski definition) is 2. The molecule has 106 valence electrons. The molecule has 1 unspecified atom stereocenters. The van der Waals surface area contributed by atoms with Crippen LogP contribution >= 0.6 is 0 Å². The van der Waals surface area contributed by atoms with Crippen LogP contribution in [0.4, 0.5) is 5.69 Å². The van der Waals surface area contributed by atoms with E-state index in [0.29, 0.717) is 12.5 Å². The van der Waals surface area contributed by atoms with Crippen molar-refractivity contribution in [2.75, 3.05) is 11.9 Å². The predicted octanol–water partition coefficient (Wildman–Crippen LogP) is 3.89. The molecule has 3 heteroatoms. The number of hydrogen-bond donors (Lipinski definition) is 2. The Morgan fingerprint density at radius 2 is 1.89 bits per heavy atom. The zero-order valence-electron chi connectivity index (χ0n) is 12.5. The van der Waals surface area contributed by atoms with Gasteiger partial charge in [0.15, 0.2) is 0 Å². The van der Waals surface area contributed by atoms with E-state index in [-0.39, 0.29) is 11.8 Å². The van der Waals surface area contributed by atoms with Crippen LogP contribution in [-0.4, -0.2) is 17.6 Å². The predicted molar refractivity (Wildman–Crippen MR) is 79.7 cm³/mol. The smallest absolute Gasteiger partial charge is 0.308 e. The molecule has 1 rings (SSSR count). The number of benzene rings is 1. The standard InChI is InChI=1S/C16H25NO2/c1-10(2)13-7-6-12(5)15(8-13)17-9-14(11(3)4)16(18)19/h6-8,10-11,14,17H,9H2,1-5H3,(H,18,19). The van der Waals surface area contributed by atoms with Gasteiger partial charge in [-0.3, -0.25) is 4.79 Å². The summed E-state index contributed by atoms with van der Waals surface area (Å²) in [5.41, 5.74) is 3.46. The van der Waals surface area contributed by atoms with Gasteiger partial charge in [-0.2, -0.15) is 0 Å². The van der Waals surface area contributed by atoms with Crippen LogP contribution in [-0.2, 0) is 4.79 Å². The van der Waals surface area contributed by atoms with Crippen LogP contribution in [0.5, 0.6) is 0 Å². The van der Waals surface area contributed by atoms with Crippen molar-refractivity contribution in [3.8, 4) is 0 Å². The van der Waals surface area contributed by atoms with Crippen molar-refractivity contribution in [2.45, 2.75) is 40.5 Å². The van der Waals surface area contributed by atoms with E-state index in [1.807, 2.05) is 20.8 Å². The third kappa shape index (κ3) is 4.27. The van der Waals surface area contributed by atoms with Crippen LogP contribution in [0.25, 0.3) is 0 Å². The lowest BCUT2D eigenvalue weighted by molar-refractivity contribution is -0.142. The van der Waals surface area contributed by atoms with Crippen LogP contribution in [0, 0.1) is 18.8 Å². The molecule has 0 amide bonds. The molecule has 0 heterocycles. The highest BCUT2D eigenvalue weighted by atomic mass is 16.4. The van der Waals surface area contributed by atoms with Crippen LogP contribution in [0.2, 0.25) is 0 Å². The molecule has 1 aromatic carbocycles. The Labute approximate surface area is 116 Å². The van der Waals surface area contributed by atoms with Crippen LogP contribution in [0.3, 0.4) is 0 Å². The normalized spacial score (nSPS) is 12.8. The molecule has 0 aliphatic heterocycles. The fourth-order valence-corrected chi connectivity index (χ4v) is 2.02. The molecule has 0 fully saturated rings. The maximum absolute atomic E-state index is 11.2. The first-order chi connectivity index (χ1) is 8.82. The zero-order chi connectivity index (χ0) is 14.6. The van der Waals surface area contributed by atoms with E-state index in [2.05, 4.69) is 37.4 Å². The van der Waals surface area contributed by atoms with Crippen molar-refractivity contribution in [2.24, 2.45) is 11.8 Å². The molecule has 0 saturated carbocycles. The molecule has 0 spiro atoms. The van der Waals surface area contributed by atoms with Crippen molar-refractivity contribution in [3.05, 3.63) is 29.3 Å². The summed E-state index contributed by atoms with van der Waals surface area (Å²) in [6, 6.07) is 6.34. The van der Waals surface area contributed by atoms with Crippen LogP contribution < -0.4 is 5.32 Å². The Hall–Kier alpha value is -1.51. The molecular formula is C16H25NO2. The van der Waals surface area contributed by atoms with Gasteiger partial charge in [0, 0.05) is 12.2 Å². The van der Waals surface area contributed by atoms with Crippen molar-refractivity contribution < 1.29 is 9.90 Å². The van der Waals surface area contributed by atoms with Crippen molar-refractivity contribution in [3.63, 3.8) is 0 Å². The molecule has 0 saturated heterocycles. The monoisotopic (exact) mass is 263 g/mol. The molecule has 0 aromatic heterocycles. The second-order valence-electron chi connectivity index (χ2n) is 5.80. The lowest BCUT2D eigenvalue weighted by Gasteiger charge is -2.19. The minimum absolute atomic E-state index is 0.124. The molecule has 0 aliphatic rings. The highest BCUT2D eigenvalue weighted by molar-refractivity contribution is 5.71. The Morgan fingerprint density at radius 1 is 1.26 bits per heavy atom. The Morgan fingerprint density at radius 3 is 2.37 bits per heavy atom. The SMILES string of the molecule is Cc1ccc(C(C)C)cc1NCC(C(=O)O)C(C)C. The second kappa shape index (κ2) is 6.60. The lowest BCUT2D eigenvalue weighted by Crippen LogP contribution is -2.27. The second-order valence-corrected chi connectivity index (χ2v) is 5.80. The van der Waals surface area contributed by atoms with Gasteiger partial charge in [0.2, 0.25) is 0 Å². The Bertz CT molecular complexity index is 438.